The van der Waals surface area contributed by atoms with Crippen molar-refractivity contribution in [1.82, 2.24) is 9.38 Å². The third kappa shape index (κ3) is 2.20. The Labute approximate surface area is 119 Å². The summed E-state index contributed by atoms with van der Waals surface area (Å²) in [5, 5.41) is 9.44. The molecule has 6 heteroatoms. The van der Waals surface area contributed by atoms with Crippen molar-refractivity contribution in [3.8, 4) is 0 Å². The van der Waals surface area contributed by atoms with Crippen LogP contribution in [0.5, 0.6) is 0 Å². The molecule has 5 nitrogen and oxygen atoms in total. The summed E-state index contributed by atoms with van der Waals surface area (Å²) in [6.45, 7) is 0. The highest BCUT2D eigenvalue weighted by Crippen LogP contribution is 2.27. The van der Waals surface area contributed by atoms with Gasteiger partial charge < -0.3 is 10.0 Å². The van der Waals surface area contributed by atoms with Gasteiger partial charge in [-0.15, -0.1) is 0 Å². The van der Waals surface area contributed by atoms with Gasteiger partial charge in [0.25, 0.3) is 0 Å². The first-order valence-corrected chi connectivity index (χ1v) is 6.27. The number of hydrogen-bond donors (Lipinski definition) is 1. The molecule has 0 atom stereocenters. The third-order valence-electron chi connectivity index (χ3n) is 3.25. The lowest BCUT2D eigenvalue weighted by Gasteiger charge is -2.17. The molecule has 3 aromatic rings. The number of rotatable bonds is 3. The maximum atomic E-state index is 13.0. The average Bonchev–Trinajstić information content (AvgIpc) is 2.86. The van der Waals surface area contributed by atoms with Crippen LogP contribution in [0.2, 0.25) is 0 Å². The Morgan fingerprint density at radius 1 is 1.24 bits per heavy atom. The number of carboxylic acid groups (broad SMARTS) is 1. The lowest BCUT2D eigenvalue weighted by Crippen LogP contribution is -2.14. The highest BCUT2D eigenvalue weighted by atomic mass is 19.1. The summed E-state index contributed by atoms with van der Waals surface area (Å²) < 4.78 is 14.5. The molecule has 2 heterocycles. The number of nitrogens with zero attached hydrogens (tertiary/aromatic N) is 3. The lowest BCUT2D eigenvalue weighted by molar-refractivity contribution is 0.0690. The van der Waals surface area contributed by atoms with E-state index < -0.39 is 5.97 Å². The van der Waals surface area contributed by atoms with Crippen molar-refractivity contribution in [3.63, 3.8) is 0 Å². The number of hydrogen-bond acceptors (Lipinski definition) is 3. The van der Waals surface area contributed by atoms with Crippen LogP contribution in [0.4, 0.5) is 15.9 Å². The van der Waals surface area contributed by atoms with Gasteiger partial charge in [0.1, 0.15) is 11.5 Å². The van der Waals surface area contributed by atoms with Gasteiger partial charge in [0.2, 0.25) is 0 Å². The Hall–Kier alpha value is -2.89. The average molecular weight is 285 g/mol. The van der Waals surface area contributed by atoms with Crippen LogP contribution in [0, 0.1) is 5.82 Å². The van der Waals surface area contributed by atoms with E-state index in [4.69, 9.17) is 0 Å². The summed E-state index contributed by atoms with van der Waals surface area (Å²) in [7, 11) is 1.70. The molecule has 0 fully saturated rings. The topological polar surface area (TPSA) is 57.8 Å². The van der Waals surface area contributed by atoms with E-state index in [0.717, 1.165) is 0 Å². The maximum absolute atomic E-state index is 13.0. The second-order valence-corrected chi connectivity index (χ2v) is 4.55. The zero-order chi connectivity index (χ0) is 15.0. The van der Waals surface area contributed by atoms with Crippen LogP contribution in [0.3, 0.4) is 0 Å². The molecule has 21 heavy (non-hydrogen) atoms. The minimum absolute atomic E-state index is 0.0671. The van der Waals surface area contributed by atoms with E-state index in [-0.39, 0.29) is 11.5 Å². The van der Waals surface area contributed by atoms with E-state index >= 15 is 0 Å². The van der Waals surface area contributed by atoms with E-state index in [1.54, 1.807) is 48.5 Å². The van der Waals surface area contributed by atoms with E-state index in [0.29, 0.717) is 17.2 Å². The molecular weight excluding hydrogens is 273 g/mol. The molecule has 1 aromatic carbocycles. The minimum atomic E-state index is -1.07. The van der Waals surface area contributed by atoms with Gasteiger partial charge >= 0.3 is 5.97 Å². The van der Waals surface area contributed by atoms with Crippen molar-refractivity contribution in [3.05, 3.63) is 60.2 Å². The summed E-state index contributed by atoms with van der Waals surface area (Å²) in [5.74, 6) is -1.11. The number of anilines is 2. The van der Waals surface area contributed by atoms with Crippen molar-refractivity contribution in [2.75, 3.05) is 11.9 Å². The SMILES string of the molecule is CN(c1ccc(F)cc1)c1nc2ccccn2c1C(=O)O. The molecule has 106 valence electrons. The van der Waals surface area contributed by atoms with Crippen molar-refractivity contribution >= 4 is 23.1 Å². The number of aromatic carboxylic acids is 1. The second-order valence-electron chi connectivity index (χ2n) is 4.55. The molecule has 0 aliphatic carbocycles. The summed E-state index contributed by atoms with van der Waals surface area (Å²) in [5.41, 5.74) is 1.26. The first kappa shape index (κ1) is 13.1. The first-order valence-electron chi connectivity index (χ1n) is 6.27. The molecular formula is C15H12FN3O2. The Morgan fingerprint density at radius 2 is 1.95 bits per heavy atom. The number of benzene rings is 1. The number of carbonyl (C=O) groups is 1. The number of fused-ring (bicyclic) bond motifs is 1. The van der Waals surface area contributed by atoms with Crippen LogP contribution in [0.15, 0.2) is 48.7 Å². The molecule has 0 bridgehead atoms. The largest absolute Gasteiger partial charge is 0.476 e. The molecule has 0 radical (unpaired) electrons. The van der Waals surface area contributed by atoms with Crippen LogP contribution < -0.4 is 4.90 Å². The molecule has 1 N–H and O–H groups in total. The Bertz CT molecular complexity index is 811. The van der Waals surface area contributed by atoms with E-state index in [1.165, 1.54) is 16.5 Å². The Balaban J connectivity index is 2.17. The fourth-order valence-electron chi connectivity index (χ4n) is 2.20. The molecule has 0 unspecified atom stereocenters. The van der Waals surface area contributed by atoms with Gasteiger partial charge in [0.05, 0.1) is 0 Å². The molecule has 0 aliphatic rings. The predicted octanol–water partition coefficient (Wildman–Crippen LogP) is 2.94. The number of halogens is 1. The fourth-order valence-corrected chi connectivity index (χ4v) is 2.20. The van der Waals surface area contributed by atoms with Crippen LogP contribution in [0.25, 0.3) is 5.65 Å². The van der Waals surface area contributed by atoms with Crippen molar-refractivity contribution in [1.29, 1.82) is 0 Å². The molecule has 0 amide bonds. The summed E-state index contributed by atoms with van der Waals surface area (Å²) in [6, 6.07) is 11.0. The highest BCUT2D eigenvalue weighted by Gasteiger charge is 2.22. The van der Waals surface area contributed by atoms with Crippen molar-refractivity contribution in [2.24, 2.45) is 0 Å². The van der Waals surface area contributed by atoms with Gasteiger partial charge in [-0.2, -0.15) is 0 Å². The normalized spacial score (nSPS) is 10.8. The lowest BCUT2D eigenvalue weighted by atomic mass is 10.3. The molecule has 3 rings (SSSR count). The predicted molar refractivity (Wildman–Crippen MR) is 76.6 cm³/mol. The standard InChI is InChI=1S/C15H12FN3O2/c1-18(11-7-5-10(16)6-8-11)14-13(15(20)21)19-9-3-2-4-12(19)17-14/h2-9H,1H3,(H,20,21). The van der Waals surface area contributed by atoms with Gasteiger partial charge in [-0.25, -0.2) is 14.2 Å². The number of carboxylic acids is 1. The second kappa shape index (κ2) is 4.90. The minimum Gasteiger partial charge on any atom is -0.476 e. The third-order valence-corrected chi connectivity index (χ3v) is 3.25. The summed E-state index contributed by atoms with van der Waals surface area (Å²) in [4.78, 5) is 17.5. The number of aromatic nitrogens is 2. The van der Waals surface area contributed by atoms with Crippen LogP contribution in [-0.4, -0.2) is 27.5 Å². The van der Waals surface area contributed by atoms with Gasteiger partial charge in [0, 0.05) is 18.9 Å². The summed E-state index contributed by atoms with van der Waals surface area (Å²) >= 11 is 0. The molecule has 2 aromatic heterocycles. The van der Waals surface area contributed by atoms with Crippen LogP contribution in [0.1, 0.15) is 10.5 Å². The molecule has 0 saturated heterocycles. The molecule has 0 spiro atoms. The number of imidazole rings is 1. The number of pyridine rings is 1. The quantitative estimate of drug-likeness (QED) is 0.804. The molecule has 0 saturated carbocycles. The van der Waals surface area contributed by atoms with Gasteiger partial charge in [-0.3, -0.25) is 4.40 Å². The van der Waals surface area contributed by atoms with Crippen molar-refractivity contribution < 1.29 is 14.3 Å². The monoisotopic (exact) mass is 285 g/mol. The van der Waals surface area contributed by atoms with E-state index in [2.05, 4.69) is 4.98 Å². The van der Waals surface area contributed by atoms with Crippen molar-refractivity contribution in [2.45, 2.75) is 0 Å². The van der Waals surface area contributed by atoms with E-state index in [9.17, 15) is 14.3 Å². The zero-order valence-electron chi connectivity index (χ0n) is 11.2. The van der Waals surface area contributed by atoms with Crippen LogP contribution >= 0.6 is 0 Å². The summed E-state index contributed by atoms with van der Waals surface area (Å²) in [6.07, 6.45) is 1.65. The van der Waals surface area contributed by atoms with E-state index in [1.807, 2.05) is 0 Å². The Kier molecular flexibility index (Phi) is 3.06. The fraction of sp³-hybridized carbons (Fsp3) is 0.0667. The smallest absolute Gasteiger partial charge is 0.356 e. The highest BCUT2D eigenvalue weighted by molar-refractivity contribution is 5.94. The maximum Gasteiger partial charge on any atom is 0.356 e. The molecule has 0 aliphatic heterocycles. The van der Waals surface area contributed by atoms with Gasteiger partial charge in [-0.1, -0.05) is 6.07 Å². The van der Waals surface area contributed by atoms with Gasteiger partial charge in [0.15, 0.2) is 11.5 Å². The first-order chi connectivity index (χ1) is 10.1. The zero-order valence-corrected chi connectivity index (χ0v) is 11.2. The Morgan fingerprint density at radius 3 is 2.62 bits per heavy atom. The van der Waals surface area contributed by atoms with Crippen LogP contribution in [-0.2, 0) is 0 Å². The van der Waals surface area contributed by atoms with Gasteiger partial charge in [-0.05, 0) is 36.4 Å².